The molecule has 2 nitrogen and oxygen atoms in total. The number of β-amino-alcohol motifs (C(OH)–C–C–N with tert-alkyl or cyclic N) is 1. The van der Waals surface area contributed by atoms with Gasteiger partial charge in [0.05, 0.1) is 6.10 Å². The van der Waals surface area contributed by atoms with Crippen molar-refractivity contribution in [1.82, 2.24) is 4.90 Å². The van der Waals surface area contributed by atoms with Crippen LogP contribution in [-0.2, 0) is 6.54 Å². The van der Waals surface area contributed by atoms with Crippen molar-refractivity contribution in [3.63, 3.8) is 0 Å². The summed E-state index contributed by atoms with van der Waals surface area (Å²) in [5, 5.41) is 10.3. The molecular weight excluding hydrogens is 294 g/mol. The molecule has 1 aliphatic rings. The number of hydrogen-bond acceptors (Lipinski definition) is 2. The summed E-state index contributed by atoms with van der Waals surface area (Å²) in [5.74, 6) is 6.83. The molecule has 0 amide bonds. The van der Waals surface area contributed by atoms with Gasteiger partial charge in [0.25, 0.3) is 0 Å². The maximum absolute atomic E-state index is 10.3. The van der Waals surface area contributed by atoms with Gasteiger partial charge in [-0.2, -0.15) is 0 Å². The fourth-order valence-electron chi connectivity index (χ4n) is 3.33. The van der Waals surface area contributed by atoms with Crippen LogP contribution in [0.15, 0.2) is 60.7 Å². The molecule has 1 N–H and O–H groups in total. The fraction of sp³-hybridized carbons (Fsp3) is 0.364. The lowest BCUT2D eigenvalue weighted by atomic mass is 9.99. The summed E-state index contributed by atoms with van der Waals surface area (Å²) < 4.78 is 0. The molecule has 1 heterocycles. The number of hydrogen-bond donors (Lipinski definition) is 1. The molecule has 124 valence electrons. The maximum Gasteiger partial charge on any atom is 0.0707 e. The van der Waals surface area contributed by atoms with E-state index in [1.165, 1.54) is 5.56 Å². The number of nitrogens with zero attached hydrogens (tertiary/aromatic N) is 1. The monoisotopic (exact) mass is 319 g/mol. The Hall–Kier alpha value is -2.08. The summed E-state index contributed by atoms with van der Waals surface area (Å²) in [6.45, 7) is 2.71. The first-order chi connectivity index (χ1) is 11.8. The van der Waals surface area contributed by atoms with Gasteiger partial charge in [0.2, 0.25) is 0 Å². The van der Waals surface area contributed by atoms with Crippen molar-refractivity contribution in [3.05, 3.63) is 71.8 Å². The highest BCUT2D eigenvalue weighted by molar-refractivity contribution is 5.33. The van der Waals surface area contributed by atoms with Crippen molar-refractivity contribution < 1.29 is 5.11 Å². The molecule has 0 spiro atoms. The number of aliphatic hydroxyl groups is 1. The quantitative estimate of drug-likeness (QED) is 0.671. The van der Waals surface area contributed by atoms with Gasteiger partial charge in [-0.15, -0.1) is 0 Å². The zero-order chi connectivity index (χ0) is 16.6. The van der Waals surface area contributed by atoms with Crippen molar-refractivity contribution in [3.8, 4) is 11.8 Å². The Morgan fingerprint density at radius 1 is 0.958 bits per heavy atom. The third-order valence-corrected chi connectivity index (χ3v) is 4.61. The first-order valence-corrected chi connectivity index (χ1v) is 8.79. The lowest BCUT2D eigenvalue weighted by Crippen LogP contribution is -2.21. The molecule has 24 heavy (non-hydrogen) atoms. The van der Waals surface area contributed by atoms with Crippen LogP contribution in [0.2, 0.25) is 0 Å². The van der Waals surface area contributed by atoms with Crippen LogP contribution in [-0.4, -0.2) is 29.2 Å². The van der Waals surface area contributed by atoms with Gasteiger partial charge < -0.3 is 5.11 Å². The van der Waals surface area contributed by atoms with Crippen LogP contribution in [0.3, 0.4) is 0 Å². The minimum absolute atomic E-state index is 0.198. The molecule has 0 aliphatic carbocycles. The Kier molecular flexibility index (Phi) is 6.07. The highest BCUT2D eigenvalue weighted by atomic mass is 16.3. The molecule has 0 unspecified atom stereocenters. The molecule has 3 rings (SSSR count). The Morgan fingerprint density at radius 3 is 2.42 bits per heavy atom. The van der Waals surface area contributed by atoms with Gasteiger partial charge in [0, 0.05) is 31.6 Å². The summed E-state index contributed by atoms with van der Waals surface area (Å²) >= 11 is 0. The SMILES string of the molecule is O[C@H]1CN(Cc2ccccc2)C[C@@H]1CCCC#Cc1ccccc1. The van der Waals surface area contributed by atoms with Crippen LogP contribution in [0.25, 0.3) is 0 Å². The Labute approximate surface area is 145 Å². The highest BCUT2D eigenvalue weighted by Gasteiger charge is 2.30. The predicted octanol–water partition coefficient (Wildman–Crippen LogP) is 3.70. The van der Waals surface area contributed by atoms with Crippen LogP contribution >= 0.6 is 0 Å². The highest BCUT2D eigenvalue weighted by Crippen LogP contribution is 2.23. The second-order valence-electron chi connectivity index (χ2n) is 6.57. The van der Waals surface area contributed by atoms with Crippen LogP contribution in [0, 0.1) is 17.8 Å². The third kappa shape index (κ3) is 4.96. The second kappa shape index (κ2) is 8.68. The first-order valence-electron chi connectivity index (χ1n) is 8.79. The Morgan fingerprint density at radius 2 is 1.67 bits per heavy atom. The summed E-state index contributed by atoms with van der Waals surface area (Å²) in [5.41, 5.74) is 2.39. The summed E-state index contributed by atoms with van der Waals surface area (Å²) in [6, 6.07) is 20.6. The standard InChI is InChI=1S/C22H25NO/c24-22-18-23(16-20-13-7-2-8-14-20)17-21(22)15-9-3-6-12-19-10-4-1-5-11-19/h1-2,4-5,7-8,10-11,13-14,21-22,24H,3,9,15-18H2/t21-,22-/m0/s1. The van der Waals surface area contributed by atoms with Gasteiger partial charge in [-0.1, -0.05) is 60.4 Å². The van der Waals surface area contributed by atoms with Gasteiger partial charge in [-0.3, -0.25) is 4.90 Å². The summed E-state index contributed by atoms with van der Waals surface area (Å²) in [4.78, 5) is 2.36. The van der Waals surface area contributed by atoms with E-state index in [0.717, 1.165) is 44.5 Å². The van der Waals surface area contributed by atoms with E-state index in [4.69, 9.17) is 0 Å². The number of benzene rings is 2. The molecule has 1 fully saturated rings. The molecule has 2 heteroatoms. The van der Waals surface area contributed by atoms with E-state index in [-0.39, 0.29) is 6.10 Å². The lowest BCUT2D eigenvalue weighted by Gasteiger charge is -2.15. The van der Waals surface area contributed by atoms with Crippen LogP contribution in [0.4, 0.5) is 0 Å². The molecule has 0 aromatic heterocycles. The van der Waals surface area contributed by atoms with E-state index in [2.05, 4.69) is 41.0 Å². The zero-order valence-corrected chi connectivity index (χ0v) is 14.1. The van der Waals surface area contributed by atoms with E-state index in [0.29, 0.717) is 5.92 Å². The molecule has 2 atom stereocenters. The largest absolute Gasteiger partial charge is 0.391 e. The number of aliphatic hydroxyl groups excluding tert-OH is 1. The summed E-state index contributed by atoms with van der Waals surface area (Å²) in [7, 11) is 0. The zero-order valence-electron chi connectivity index (χ0n) is 14.1. The smallest absolute Gasteiger partial charge is 0.0707 e. The van der Waals surface area contributed by atoms with E-state index in [9.17, 15) is 5.11 Å². The van der Waals surface area contributed by atoms with Crippen molar-refractivity contribution >= 4 is 0 Å². The molecule has 1 saturated heterocycles. The number of unbranched alkanes of at least 4 members (excludes halogenated alkanes) is 1. The van der Waals surface area contributed by atoms with Gasteiger partial charge in [-0.25, -0.2) is 0 Å². The molecular formula is C22H25NO. The van der Waals surface area contributed by atoms with E-state index in [1.807, 2.05) is 36.4 Å². The van der Waals surface area contributed by atoms with E-state index >= 15 is 0 Å². The number of rotatable bonds is 5. The first kappa shape index (κ1) is 16.8. The Bertz CT molecular complexity index is 671. The summed E-state index contributed by atoms with van der Waals surface area (Å²) in [6.07, 6.45) is 2.81. The molecule has 2 aromatic rings. The van der Waals surface area contributed by atoms with Gasteiger partial charge in [0.1, 0.15) is 0 Å². The van der Waals surface area contributed by atoms with Gasteiger partial charge in [-0.05, 0) is 36.5 Å². The molecule has 0 saturated carbocycles. The van der Waals surface area contributed by atoms with E-state index < -0.39 is 0 Å². The minimum atomic E-state index is -0.198. The van der Waals surface area contributed by atoms with Crippen molar-refractivity contribution in [2.24, 2.45) is 5.92 Å². The van der Waals surface area contributed by atoms with E-state index in [1.54, 1.807) is 0 Å². The van der Waals surface area contributed by atoms with Crippen molar-refractivity contribution in [1.29, 1.82) is 0 Å². The van der Waals surface area contributed by atoms with Crippen molar-refractivity contribution in [2.45, 2.75) is 31.9 Å². The third-order valence-electron chi connectivity index (χ3n) is 4.61. The normalized spacial score (nSPS) is 20.5. The lowest BCUT2D eigenvalue weighted by molar-refractivity contribution is 0.136. The second-order valence-corrected chi connectivity index (χ2v) is 6.57. The topological polar surface area (TPSA) is 23.5 Å². The average molecular weight is 319 g/mol. The van der Waals surface area contributed by atoms with Crippen LogP contribution < -0.4 is 0 Å². The molecule has 0 bridgehead atoms. The molecule has 2 aromatic carbocycles. The maximum atomic E-state index is 10.3. The van der Waals surface area contributed by atoms with Gasteiger partial charge >= 0.3 is 0 Å². The minimum Gasteiger partial charge on any atom is -0.391 e. The van der Waals surface area contributed by atoms with Crippen LogP contribution in [0.5, 0.6) is 0 Å². The molecule has 1 aliphatic heterocycles. The number of likely N-dealkylation sites (tertiary alicyclic amines) is 1. The predicted molar refractivity (Wildman–Crippen MR) is 98.4 cm³/mol. The average Bonchev–Trinajstić information content (AvgIpc) is 2.96. The Balaban J connectivity index is 1.41. The van der Waals surface area contributed by atoms with Crippen LogP contribution in [0.1, 0.15) is 30.4 Å². The van der Waals surface area contributed by atoms with Gasteiger partial charge in [0.15, 0.2) is 0 Å². The molecule has 0 radical (unpaired) electrons. The fourth-order valence-corrected chi connectivity index (χ4v) is 3.33. The van der Waals surface area contributed by atoms with Crippen molar-refractivity contribution in [2.75, 3.05) is 13.1 Å².